The molecule has 0 radical (unpaired) electrons. The summed E-state index contributed by atoms with van der Waals surface area (Å²) in [5, 5.41) is 9.29. The number of nitrogens with zero attached hydrogens (tertiary/aromatic N) is 3. The van der Waals surface area contributed by atoms with Gasteiger partial charge in [0.1, 0.15) is 6.07 Å². The van der Waals surface area contributed by atoms with Crippen molar-refractivity contribution in [3.8, 4) is 6.07 Å². The van der Waals surface area contributed by atoms with Gasteiger partial charge in [0.05, 0.1) is 4.90 Å². The fraction of sp³-hybridized carbons (Fsp3) is 0.438. The lowest BCUT2D eigenvalue weighted by Gasteiger charge is -2.31. The van der Waals surface area contributed by atoms with E-state index in [-0.39, 0.29) is 9.80 Å². The maximum atomic E-state index is 12.6. The van der Waals surface area contributed by atoms with Crippen molar-refractivity contribution in [2.45, 2.75) is 18.7 Å². The zero-order valence-corrected chi connectivity index (χ0v) is 14.0. The topological polar surface area (TPSA) is 64.4 Å². The highest BCUT2D eigenvalue weighted by atomic mass is 32.2. The van der Waals surface area contributed by atoms with Crippen molar-refractivity contribution >= 4 is 9.84 Å². The van der Waals surface area contributed by atoms with Gasteiger partial charge in [0.25, 0.3) is 0 Å². The summed E-state index contributed by atoms with van der Waals surface area (Å²) in [5.74, 6) is 0. The molecule has 1 fully saturated rings. The van der Waals surface area contributed by atoms with Crippen molar-refractivity contribution in [3.05, 3.63) is 40.4 Å². The maximum absolute atomic E-state index is 12.6. The molecule has 0 saturated carbocycles. The molecule has 0 spiro atoms. The Bertz CT molecular complexity index is 724. The van der Waals surface area contributed by atoms with Gasteiger partial charge in [-0.15, -0.1) is 0 Å². The smallest absolute Gasteiger partial charge is 0.218 e. The minimum atomic E-state index is -3.76. The summed E-state index contributed by atoms with van der Waals surface area (Å²) in [6.07, 6.45) is 1.48. The Balaban J connectivity index is 2.33. The normalized spacial score (nSPS) is 17.4. The molecule has 0 aliphatic carbocycles. The lowest BCUT2D eigenvalue weighted by molar-refractivity contribution is 0.198. The molecule has 0 bridgehead atoms. The van der Waals surface area contributed by atoms with Crippen LogP contribution < -0.4 is 0 Å². The number of allylic oxidation sites excluding steroid dienone is 1. The molecular weight excluding hydrogens is 298 g/mol. The Labute approximate surface area is 132 Å². The molecule has 1 aliphatic heterocycles. The van der Waals surface area contributed by atoms with E-state index < -0.39 is 9.84 Å². The summed E-state index contributed by atoms with van der Waals surface area (Å²) in [6, 6.07) is 6.81. The summed E-state index contributed by atoms with van der Waals surface area (Å²) in [5.41, 5.74) is 1.93. The average Bonchev–Trinajstić information content (AvgIpc) is 2.49. The second-order valence-electron chi connectivity index (χ2n) is 5.69. The Morgan fingerprint density at radius 2 is 1.82 bits per heavy atom. The number of rotatable bonds is 3. The Morgan fingerprint density at radius 1 is 1.18 bits per heavy atom. The monoisotopic (exact) mass is 319 g/mol. The van der Waals surface area contributed by atoms with E-state index in [1.54, 1.807) is 18.2 Å². The number of likely N-dealkylation sites (N-methyl/N-ethyl adjacent to an activating group) is 1. The molecule has 0 unspecified atom stereocenters. The predicted octanol–water partition coefficient (Wildman–Crippen LogP) is 1.69. The first-order chi connectivity index (χ1) is 10.3. The van der Waals surface area contributed by atoms with E-state index in [0.717, 1.165) is 37.3 Å². The van der Waals surface area contributed by atoms with Crippen LogP contribution in [-0.4, -0.2) is 51.4 Å². The van der Waals surface area contributed by atoms with Gasteiger partial charge >= 0.3 is 0 Å². The van der Waals surface area contributed by atoms with Crippen LogP contribution in [0.4, 0.5) is 0 Å². The van der Waals surface area contributed by atoms with Gasteiger partial charge in [0.2, 0.25) is 9.84 Å². The van der Waals surface area contributed by atoms with Crippen LogP contribution >= 0.6 is 0 Å². The van der Waals surface area contributed by atoms with Crippen molar-refractivity contribution in [1.29, 1.82) is 5.26 Å². The Morgan fingerprint density at radius 3 is 2.36 bits per heavy atom. The molecule has 6 heteroatoms. The number of piperazine rings is 1. The van der Waals surface area contributed by atoms with E-state index in [9.17, 15) is 13.7 Å². The molecular formula is C16H21N3O2S. The van der Waals surface area contributed by atoms with Crippen molar-refractivity contribution in [1.82, 2.24) is 9.80 Å². The summed E-state index contributed by atoms with van der Waals surface area (Å²) < 4.78 is 25.3. The SMILES string of the molecule is Cc1ccc(S(=O)(=O)/C(C#N)=C\N2CCN(C)CC2)cc1C. The fourth-order valence-corrected chi connectivity index (χ4v) is 3.52. The standard InChI is InChI=1S/C16H21N3O2S/c1-13-4-5-15(10-14(13)2)22(20,21)16(11-17)12-19-8-6-18(3)7-9-19/h4-5,10,12H,6-9H2,1-3H3/b16-12-. The highest BCUT2D eigenvalue weighted by Gasteiger charge is 2.23. The molecule has 0 aromatic heterocycles. The minimum absolute atomic E-state index is 0.178. The minimum Gasteiger partial charge on any atom is -0.373 e. The third kappa shape index (κ3) is 3.49. The second-order valence-corrected chi connectivity index (χ2v) is 7.61. The van der Waals surface area contributed by atoms with E-state index in [2.05, 4.69) is 4.90 Å². The zero-order valence-electron chi connectivity index (χ0n) is 13.2. The van der Waals surface area contributed by atoms with E-state index in [0.29, 0.717) is 0 Å². The fourth-order valence-electron chi connectivity index (χ4n) is 2.28. The summed E-state index contributed by atoms with van der Waals surface area (Å²) in [7, 11) is -1.73. The van der Waals surface area contributed by atoms with E-state index in [4.69, 9.17) is 0 Å². The van der Waals surface area contributed by atoms with Gasteiger partial charge < -0.3 is 9.80 Å². The van der Waals surface area contributed by atoms with Crippen LogP contribution in [0.1, 0.15) is 11.1 Å². The lowest BCUT2D eigenvalue weighted by Crippen LogP contribution is -2.42. The van der Waals surface area contributed by atoms with Crippen molar-refractivity contribution in [3.63, 3.8) is 0 Å². The lowest BCUT2D eigenvalue weighted by atomic mass is 10.1. The van der Waals surface area contributed by atoms with Crippen LogP contribution in [0.5, 0.6) is 0 Å². The summed E-state index contributed by atoms with van der Waals surface area (Å²) in [6.45, 7) is 6.97. The molecule has 1 aromatic carbocycles. The van der Waals surface area contributed by atoms with Crippen LogP contribution in [0.25, 0.3) is 0 Å². The predicted molar refractivity (Wildman–Crippen MR) is 85.9 cm³/mol. The van der Waals surface area contributed by atoms with Gasteiger partial charge in [0, 0.05) is 32.4 Å². The van der Waals surface area contributed by atoms with E-state index in [1.165, 1.54) is 6.20 Å². The van der Waals surface area contributed by atoms with Gasteiger partial charge in [-0.2, -0.15) is 5.26 Å². The number of hydrogen-bond donors (Lipinski definition) is 0. The first-order valence-corrected chi connectivity index (χ1v) is 8.70. The van der Waals surface area contributed by atoms with Gasteiger partial charge in [-0.25, -0.2) is 8.42 Å². The first kappa shape index (κ1) is 16.5. The number of hydrogen-bond acceptors (Lipinski definition) is 5. The Hall–Kier alpha value is -1.84. The Kier molecular flexibility index (Phi) is 4.89. The maximum Gasteiger partial charge on any atom is 0.218 e. The molecule has 5 nitrogen and oxygen atoms in total. The van der Waals surface area contributed by atoms with Crippen LogP contribution in [0.2, 0.25) is 0 Å². The number of nitriles is 1. The summed E-state index contributed by atoms with van der Waals surface area (Å²) in [4.78, 5) is 4.06. The van der Waals surface area contributed by atoms with Gasteiger partial charge in [-0.05, 0) is 44.2 Å². The molecule has 118 valence electrons. The second kappa shape index (κ2) is 6.51. The molecule has 1 aliphatic rings. The third-order valence-electron chi connectivity index (χ3n) is 4.03. The van der Waals surface area contributed by atoms with Crippen molar-refractivity contribution in [2.24, 2.45) is 0 Å². The molecule has 2 rings (SSSR count). The number of aryl methyl sites for hydroxylation is 2. The molecule has 22 heavy (non-hydrogen) atoms. The number of benzene rings is 1. The van der Waals surface area contributed by atoms with Gasteiger partial charge in [0.15, 0.2) is 4.91 Å². The van der Waals surface area contributed by atoms with E-state index in [1.807, 2.05) is 31.9 Å². The molecule has 0 N–H and O–H groups in total. The molecule has 1 saturated heterocycles. The first-order valence-electron chi connectivity index (χ1n) is 7.21. The van der Waals surface area contributed by atoms with Crippen LogP contribution in [0.15, 0.2) is 34.2 Å². The quantitative estimate of drug-likeness (QED) is 0.793. The summed E-state index contributed by atoms with van der Waals surface area (Å²) >= 11 is 0. The highest BCUT2D eigenvalue weighted by Crippen LogP contribution is 2.22. The van der Waals surface area contributed by atoms with Gasteiger partial charge in [-0.1, -0.05) is 6.07 Å². The zero-order chi connectivity index (χ0) is 16.3. The molecule has 1 heterocycles. The molecule has 0 atom stereocenters. The highest BCUT2D eigenvalue weighted by molar-refractivity contribution is 7.95. The molecule has 1 aromatic rings. The van der Waals surface area contributed by atoms with Crippen LogP contribution in [-0.2, 0) is 9.84 Å². The largest absolute Gasteiger partial charge is 0.373 e. The van der Waals surface area contributed by atoms with E-state index >= 15 is 0 Å². The van der Waals surface area contributed by atoms with Gasteiger partial charge in [-0.3, -0.25) is 0 Å². The molecule has 0 amide bonds. The van der Waals surface area contributed by atoms with Crippen LogP contribution in [0, 0.1) is 25.2 Å². The van der Waals surface area contributed by atoms with Crippen molar-refractivity contribution < 1.29 is 8.42 Å². The average molecular weight is 319 g/mol. The third-order valence-corrected chi connectivity index (χ3v) is 5.68. The number of sulfone groups is 1. The van der Waals surface area contributed by atoms with Crippen molar-refractivity contribution in [2.75, 3.05) is 33.2 Å². The van der Waals surface area contributed by atoms with Crippen LogP contribution in [0.3, 0.4) is 0 Å².